The third-order valence-electron chi connectivity index (χ3n) is 5.15. The summed E-state index contributed by atoms with van der Waals surface area (Å²) in [4.78, 5) is 27.7. The minimum atomic E-state index is -0.339. The molecule has 0 atom stereocenters. The average Bonchev–Trinajstić information content (AvgIpc) is 3.03. The fraction of sp³-hybridized carbons (Fsp3) is 0.333. The first-order chi connectivity index (χ1) is 15.0. The highest BCUT2D eigenvalue weighted by Crippen LogP contribution is 2.41. The molecule has 1 aliphatic rings. The minimum absolute atomic E-state index is 0.238. The van der Waals surface area contributed by atoms with Crippen molar-refractivity contribution in [3.63, 3.8) is 0 Å². The molecule has 2 aromatic rings. The molecular formula is C24H28N2O5. The van der Waals surface area contributed by atoms with Crippen LogP contribution in [0.4, 0.5) is 5.69 Å². The van der Waals surface area contributed by atoms with Gasteiger partial charge in [-0.15, -0.1) is 0 Å². The summed E-state index contributed by atoms with van der Waals surface area (Å²) in [7, 11) is 4.57. The molecule has 7 nitrogen and oxygen atoms in total. The maximum atomic E-state index is 13.2. The van der Waals surface area contributed by atoms with Gasteiger partial charge in [-0.3, -0.25) is 14.5 Å². The Kier molecular flexibility index (Phi) is 7.18. The first kappa shape index (κ1) is 22.2. The lowest BCUT2D eigenvalue weighted by molar-refractivity contribution is -0.136. The van der Waals surface area contributed by atoms with Crippen molar-refractivity contribution >= 4 is 23.1 Å². The Hall–Kier alpha value is -3.48. The van der Waals surface area contributed by atoms with Gasteiger partial charge in [-0.05, 0) is 12.0 Å². The molecule has 0 spiro atoms. The van der Waals surface area contributed by atoms with Gasteiger partial charge in [0.15, 0.2) is 11.5 Å². The molecule has 0 aromatic heterocycles. The molecule has 0 saturated heterocycles. The number of amides is 2. The highest BCUT2D eigenvalue weighted by atomic mass is 16.5. The van der Waals surface area contributed by atoms with Crippen molar-refractivity contribution in [2.45, 2.75) is 26.2 Å². The van der Waals surface area contributed by atoms with Crippen LogP contribution in [0.3, 0.4) is 0 Å². The number of ether oxygens (including phenoxy) is 3. The molecule has 1 N–H and O–H groups in total. The van der Waals surface area contributed by atoms with Gasteiger partial charge >= 0.3 is 0 Å². The number of benzene rings is 2. The fourth-order valence-corrected chi connectivity index (χ4v) is 3.59. The molecule has 31 heavy (non-hydrogen) atoms. The van der Waals surface area contributed by atoms with Crippen LogP contribution in [-0.2, 0) is 9.59 Å². The van der Waals surface area contributed by atoms with E-state index in [9.17, 15) is 9.59 Å². The normalized spacial score (nSPS) is 13.6. The first-order valence-corrected chi connectivity index (χ1v) is 10.3. The summed E-state index contributed by atoms with van der Waals surface area (Å²) in [6.45, 7) is 2.47. The highest BCUT2D eigenvalue weighted by molar-refractivity contribution is 6.36. The maximum absolute atomic E-state index is 13.2. The third-order valence-corrected chi connectivity index (χ3v) is 5.15. The predicted octanol–water partition coefficient (Wildman–Crippen LogP) is 4.09. The van der Waals surface area contributed by atoms with Crippen molar-refractivity contribution in [2.75, 3.05) is 33.2 Å². The van der Waals surface area contributed by atoms with Crippen molar-refractivity contribution in [3.05, 3.63) is 53.7 Å². The van der Waals surface area contributed by atoms with E-state index in [-0.39, 0.29) is 17.5 Å². The maximum Gasteiger partial charge on any atom is 0.278 e. The zero-order valence-electron chi connectivity index (χ0n) is 18.4. The predicted molar refractivity (Wildman–Crippen MR) is 119 cm³/mol. The van der Waals surface area contributed by atoms with Crippen LogP contribution in [0, 0.1) is 0 Å². The van der Waals surface area contributed by atoms with E-state index in [0.29, 0.717) is 40.6 Å². The third kappa shape index (κ3) is 4.50. The van der Waals surface area contributed by atoms with E-state index in [1.54, 1.807) is 12.1 Å². The molecular weight excluding hydrogens is 396 g/mol. The Morgan fingerprint density at radius 1 is 0.871 bits per heavy atom. The van der Waals surface area contributed by atoms with Gasteiger partial charge in [0.25, 0.3) is 11.8 Å². The van der Waals surface area contributed by atoms with Crippen molar-refractivity contribution in [3.8, 4) is 17.2 Å². The number of unbranched alkanes of at least 4 members (excludes halogenated alkanes) is 2. The average molecular weight is 424 g/mol. The number of methoxy groups -OCH3 is 3. The number of imide groups is 1. The largest absolute Gasteiger partial charge is 0.493 e. The van der Waals surface area contributed by atoms with Crippen molar-refractivity contribution in [2.24, 2.45) is 0 Å². The van der Waals surface area contributed by atoms with Gasteiger partial charge in [0.05, 0.1) is 26.9 Å². The monoisotopic (exact) mass is 424 g/mol. The molecule has 164 valence electrons. The molecule has 0 fully saturated rings. The van der Waals surface area contributed by atoms with Crippen molar-refractivity contribution < 1.29 is 23.8 Å². The Morgan fingerprint density at radius 2 is 1.52 bits per heavy atom. The zero-order valence-corrected chi connectivity index (χ0v) is 18.4. The second-order valence-electron chi connectivity index (χ2n) is 7.12. The van der Waals surface area contributed by atoms with Gasteiger partial charge in [0.1, 0.15) is 5.70 Å². The molecule has 0 radical (unpaired) electrons. The first-order valence-electron chi connectivity index (χ1n) is 10.3. The molecule has 2 amide bonds. The van der Waals surface area contributed by atoms with Crippen LogP contribution in [-0.4, -0.2) is 44.6 Å². The second-order valence-corrected chi connectivity index (χ2v) is 7.12. The number of nitrogens with zero attached hydrogens (tertiary/aromatic N) is 1. The van der Waals surface area contributed by atoms with E-state index in [4.69, 9.17) is 14.2 Å². The van der Waals surface area contributed by atoms with E-state index < -0.39 is 0 Å². The van der Waals surface area contributed by atoms with Crippen LogP contribution in [0.25, 0.3) is 5.57 Å². The molecule has 0 saturated carbocycles. The number of hydrogen-bond donors (Lipinski definition) is 1. The Bertz CT molecular complexity index is 960. The van der Waals surface area contributed by atoms with Gasteiger partial charge in [-0.1, -0.05) is 50.1 Å². The summed E-state index contributed by atoms with van der Waals surface area (Å²) < 4.78 is 16.2. The number of nitrogens with one attached hydrogen (secondary N) is 1. The molecule has 1 aliphatic heterocycles. The Labute approximate surface area is 182 Å². The van der Waals surface area contributed by atoms with Crippen molar-refractivity contribution in [1.82, 2.24) is 4.90 Å². The van der Waals surface area contributed by atoms with Gasteiger partial charge in [-0.25, -0.2) is 0 Å². The number of anilines is 1. The molecule has 0 unspecified atom stereocenters. The lowest BCUT2D eigenvalue weighted by Crippen LogP contribution is -2.33. The molecule has 2 aromatic carbocycles. The van der Waals surface area contributed by atoms with Gasteiger partial charge in [0, 0.05) is 24.4 Å². The Balaban J connectivity index is 2.04. The summed E-state index contributed by atoms with van der Waals surface area (Å²) >= 11 is 0. The summed E-state index contributed by atoms with van der Waals surface area (Å²) in [6, 6.07) is 12.6. The van der Waals surface area contributed by atoms with E-state index in [1.165, 1.54) is 26.2 Å². The molecule has 3 rings (SSSR count). The standard InChI is InChI=1S/C24H28N2O5/c1-5-6-10-13-26-23(27)20(16-11-8-7-9-12-16)21(24(26)28)25-17-14-18(29-2)22(31-4)19(15-17)30-3/h7-9,11-12,14-15,25H,5-6,10,13H2,1-4H3. The molecule has 0 bridgehead atoms. The van der Waals surface area contributed by atoms with Crippen molar-refractivity contribution in [1.29, 1.82) is 0 Å². The zero-order chi connectivity index (χ0) is 22.4. The molecule has 1 heterocycles. The van der Waals surface area contributed by atoms with E-state index in [1.807, 2.05) is 30.3 Å². The summed E-state index contributed by atoms with van der Waals surface area (Å²) in [5.74, 6) is 0.712. The van der Waals surface area contributed by atoms with Crippen LogP contribution in [0.2, 0.25) is 0 Å². The van der Waals surface area contributed by atoms with Crippen LogP contribution in [0.15, 0.2) is 48.2 Å². The van der Waals surface area contributed by atoms with E-state index >= 15 is 0 Å². The number of carbonyl (C=O) groups excluding carboxylic acids is 2. The van der Waals surface area contributed by atoms with E-state index in [0.717, 1.165) is 19.3 Å². The van der Waals surface area contributed by atoms with Crippen LogP contribution in [0.1, 0.15) is 31.7 Å². The smallest absolute Gasteiger partial charge is 0.278 e. The molecule has 0 aliphatic carbocycles. The van der Waals surface area contributed by atoms with Gasteiger partial charge < -0.3 is 19.5 Å². The summed E-state index contributed by atoms with van der Waals surface area (Å²) in [5, 5.41) is 3.14. The lowest BCUT2D eigenvalue weighted by atomic mass is 10.0. The van der Waals surface area contributed by atoms with Crippen LogP contribution >= 0.6 is 0 Å². The summed E-state index contributed by atoms with van der Waals surface area (Å²) in [6.07, 6.45) is 2.73. The van der Waals surface area contributed by atoms with Crippen LogP contribution < -0.4 is 19.5 Å². The lowest BCUT2D eigenvalue weighted by Gasteiger charge is -2.16. The van der Waals surface area contributed by atoms with E-state index in [2.05, 4.69) is 12.2 Å². The number of rotatable bonds is 10. The molecule has 7 heteroatoms. The van der Waals surface area contributed by atoms with Gasteiger partial charge in [0.2, 0.25) is 5.75 Å². The SMILES string of the molecule is CCCCCN1C(=O)C(Nc2cc(OC)c(OC)c(OC)c2)=C(c2ccccc2)C1=O. The highest BCUT2D eigenvalue weighted by Gasteiger charge is 2.38. The fourth-order valence-electron chi connectivity index (χ4n) is 3.59. The number of carbonyl (C=O) groups is 2. The quantitative estimate of drug-likeness (QED) is 0.457. The summed E-state index contributed by atoms with van der Waals surface area (Å²) in [5.41, 5.74) is 1.83. The number of hydrogen-bond acceptors (Lipinski definition) is 6. The van der Waals surface area contributed by atoms with Crippen LogP contribution in [0.5, 0.6) is 17.2 Å². The topological polar surface area (TPSA) is 77.1 Å². The van der Waals surface area contributed by atoms with Gasteiger partial charge in [-0.2, -0.15) is 0 Å². The second kappa shape index (κ2) is 10.0. The minimum Gasteiger partial charge on any atom is -0.493 e. The Morgan fingerprint density at radius 3 is 2.06 bits per heavy atom.